The van der Waals surface area contributed by atoms with Gasteiger partial charge < -0.3 is 24.4 Å². The molecule has 2 aromatic heterocycles. The Balaban J connectivity index is 1.39. The second kappa shape index (κ2) is 7.42. The van der Waals surface area contributed by atoms with E-state index in [1.165, 1.54) is 11.0 Å². The van der Waals surface area contributed by atoms with E-state index in [0.717, 1.165) is 29.1 Å². The van der Waals surface area contributed by atoms with Crippen LogP contribution in [-0.4, -0.2) is 76.8 Å². The summed E-state index contributed by atoms with van der Waals surface area (Å²) in [5.41, 5.74) is 1.66. The molecular weight excluding hydrogens is 432 g/mol. The molecule has 3 aromatic rings. The van der Waals surface area contributed by atoms with Crippen LogP contribution in [0.25, 0.3) is 21.6 Å². The highest BCUT2D eigenvalue weighted by atomic mass is 32.1. The Morgan fingerprint density at radius 2 is 2.03 bits per heavy atom. The van der Waals surface area contributed by atoms with E-state index in [0.29, 0.717) is 43.1 Å². The minimum atomic E-state index is -0.551. The average Bonchev–Trinajstić information content (AvgIpc) is 3.53. The highest BCUT2D eigenvalue weighted by Gasteiger charge is 2.48. The van der Waals surface area contributed by atoms with Gasteiger partial charge in [-0.3, -0.25) is 4.79 Å². The van der Waals surface area contributed by atoms with Crippen LogP contribution in [0.3, 0.4) is 0 Å². The smallest absolute Gasteiger partial charge is 0.329 e. The third-order valence-corrected chi connectivity index (χ3v) is 7.00. The Bertz CT molecular complexity index is 1240. The number of hydrogen-bond donors (Lipinski definition) is 1. The topological polar surface area (TPSA) is 105 Å². The Morgan fingerprint density at radius 3 is 2.81 bits per heavy atom. The van der Waals surface area contributed by atoms with Crippen molar-refractivity contribution in [3.8, 4) is 17.1 Å². The third-order valence-electron chi connectivity index (χ3n) is 6.10. The summed E-state index contributed by atoms with van der Waals surface area (Å²) >= 11 is 1.59. The van der Waals surface area contributed by atoms with Gasteiger partial charge in [-0.1, -0.05) is 0 Å². The molecule has 0 radical (unpaired) electrons. The summed E-state index contributed by atoms with van der Waals surface area (Å²) in [6.45, 7) is 3.12. The molecule has 5 heterocycles. The van der Waals surface area contributed by atoms with Gasteiger partial charge in [-0.2, -0.15) is 0 Å². The van der Waals surface area contributed by atoms with Gasteiger partial charge in [0, 0.05) is 30.6 Å². The minimum Gasteiger partial charge on any atom is -0.508 e. The number of aromatic nitrogens is 2. The molecule has 6 rings (SSSR count). The summed E-state index contributed by atoms with van der Waals surface area (Å²) in [6, 6.07) is 6.03. The van der Waals surface area contributed by atoms with E-state index >= 15 is 0 Å². The minimum absolute atomic E-state index is 0.0558. The lowest BCUT2D eigenvalue weighted by Crippen LogP contribution is -2.44. The summed E-state index contributed by atoms with van der Waals surface area (Å²) < 4.78 is 11.7. The molecule has 1 aromatic carbocycles. The number of anilines is 1. The molecule has 3 aliphatic heterocycles. The van der Waals surface area contributed by atoms with Crippen molar-refractivity contribution in [1.29, 1.82) is 0 Å². The second-order valence-electron chi connectivity index (χ2n) is 8.14. The highest BCUT2D eigenvalue weighted by Crippen LogP contribution is 2.34. The molecule has 1 N–H and O–H groups in total. The number of hydrogen-bond acceptors (Lipinski definition) is 9. The van der Waals surface area contributed by atoms with E-state index < -0.39 is 6.04 Å². The molecule has 164 valence electrons. The number of carbonyl (C=O) groups is 2. The number of benzene rings is 1. The predicted octanol–water partition coefficient (Wildman–Crippen LogP) is 2.04. The van der Waals surface area contributed by atoms with Gasteiger partial charge in [-0.15, -0.1) is 11.3 Å². The number of likely N-dealkylation sites (tertiary alicyclic amines) is 1. The fraction of sp³-hybridized carbons (Fsp3) is 0.364. The van der Waals surface area contributed by atoms with Crippen molar-refractivity contribution in [2.45, 2.75) is 18.6 Å². The zero-order valence-electron chi connectivity index (χ0n) is 17.1. The van der Waals surface area contributed by atoms with Gasteiger partial charge in [0.1, 0.15) is 17.9 Å². The monoisotopic (exact) mass is 452 g/mol. The number of thiophene rings is 1. The molecule has 3 aliphatic rings. The molecule has 0 spiro atoms. The molecule has 2 unspecified atom stereocenters. The van der Waals surface area contributed by atoms with Crippen molar-refractivity contribution in [2.75, 3.05) is 37.7 Å². The van der Waals surface area contributed by atoms with E-state index in [-0.39, 0.29) is 23.7 Å². The lowest BCUT2D eigenvalue weighted by molar-refractivity contribution is -0.149. The molecule has 9 nitrogen and oxygen atoms in total. The lowest BCUT2D eigenvalue weighted by Gasteiger charge is -2.28. The lowest BCUT2D eigenvalue weighted by atomic mass is 10.1. The largest absolute Gasteiger partial charge is 0.508 e. The van der Waals surface area contributed by atoms with Crippen molar-refractivity contribution in [3.05, 3.63) is 35.2 Å². The van der Waals surface area contributed by atoms with E-state index in [2.05, 4.69) is 9.88 Å². The first kappa shape index (κ1) is 19.4. The molecule has 2 bridgehead atoms. The second-order valence-corrected chi connectivity index (χ2v) is 9.06. The average molecular weight is 452 g/mol. The van der Waals surface area contributed by atoms with E-state index in [4.69, 9.17) is 14.5 Å². The maximum Gasteiger partial charge on any atom is 0.329 e. The molecule has 32 heavy (non-hydrogen) atoms. The summed E-state index contributed by atoms with van der Waals surface area (Å²) in [7, 11) is 0. The van der Waals surface area contributed by atoms with Crippen LogP contribution < -0.4 is 4.90 Å². The number of nitrogens with zero attached hydrogens (tertiary/aromatic N) is 4. The molecule has 2 atom stereocenters. The van der Waals surface area contributed by atoms with Crippen molar-refractivity contribution in [2.24, 2.45) is 0 Å². The predicted molar refractivity (Wildman–Crippen MR) is 117 cm³/mol. The van der Waals surface area contributed by atoms with Crippen molar-refractivity contribution < 1.29 is 24.2 Å². The standard InChI is InChI=1S/C22H20N4O5S/c27-14-8-12(7-13(9-14)21(28)26-11-15-10-17(26)22(29)31-15)19-23-16-1-6-32-18(16)20(24-19)25-2-4-30-5-3-25/h1,6-9,15,17,27H,2-5,10-11H2. The van der Waals surface area contributed by atoms with E-state index in [1.807, 2.05) is 11.4 Å². The van der Waals surface area contributed by atoms with Crippen molar-refractivity contribution in [1.82, 2.24) is 14.9 Å². The Kier molecular flexibility index (Phi) is 4.51. The number of aromatic hydroxyl groups is 1. The van der Waals surface area contributed by atoms with Crippen LogP contribution in [0.4, 0.5) is 5.82 Å². The van der Waals surface area contributed by atoms with Gasteiger partial charge in [0.2, 0.25) is 0 Å². The third kappa shape index (κ3) is 3.18. The van der Waals surface area contributed by atoms with Crippen LogP contribution >= 0.6 is 11.3 Å². The normalized spacial score (nSPS) is 22.6. The Labute approximate surface area is 187 Å². The SMILES string of the molecule is O=C1OC2CC1N(C(=O)c1cc(O)cc(-c3nc(N4CCOCC4)c4sccc4n3)c1)C2. The van der Waals surface area contributed by atoms with Gasteiger partial charge in [-0.05, 0) is 29.6 Å². The number of fused-ring (bicyclic) bond motifs is 3. The maximum atomic E-state index is 13.1. The van der Waals surface area contributed by atoms with Gasteiger partial charge in [0.05, 0.1) is 30.0 Å². The number of ether oxygens (including phenoxy) is 2. The molecule has 10 heteroatoms. The van der Waals surface area contributed by atoms with E-state index in [1.54, 1.807) is 23.5 Å². The van der Waals surface area contributed by atoms with Crippen LogP contribution in [0.2, 0.25) is 0 Å². The van der Waals surface area contributed by atoms with Crippen LogP contribution in [0.15, 0.2) is 29.6 Å². The van der Waals surface area contributed by atoms with Gasteiger partial charge in [-0.25, -0.2) is 14.8 Å². The van der Waals surface area contributed by atoms with Crippen LogP contribution in [0.1, 0.15) is 16.8 Å². The molecule has 0 aliphatic carbocycles. The van der Waals surface area contributed by atoms with Crippen LogP contribution in [0, 0.1) is 0 Å². The first-order valence-corrected chi connectivity index (χ1v) is 11.4. The molecular formula is C22H20N4O5S. The molecule has 3 saturated heterocycles. The quantitative estimate of drug-likeness (QED) is 0.602. The number of esters is 1. The summed E-state index contributed by atoms with van der Waals surface area (Å²) in [5, 5.41) is 12.4. The fourth-order valence-corrected chi connectivity index (χ4v) is 5.42. The van der Waals surface area contributed by atoms with Gasteiger partial charge in [0.15, 0.2) is 11.6 Å². The number of rotatable bonds is 3. The summed E-state index contributed by atoms with van der Waals surface area (Å²) in [6.07, 6.45) is 0.283. The van der Waals surface area contributed by atoms with E-state index in [9.17, 15) is 14.7 Å². The summed E-state index contributed by atoms with van der Waals surface area (Å²) in [4.78, 5) is 38.3. The van der Waals surface area contributed by atoms with Crippen molar-refractivity contribution in [3.63, 3.8) is 0 Å². The first-order chi connectivity index (χ1) is 15.6. The van der Waals surface area contributed by atoms with Gasteiger partial charge in [0.25, 0.3) is 5.91 Å². The molecule has 1 amide bonds. The highest BCUT2D eigenvalue weighted by molar-refractivity contribution is 7.17. The summed E-state index contributed by atoms with van der Waals surface area (Å²) in [5.74, 6) is 0.538. The zero-order chi connectivity index (χ0) is 21.8. The molecule has 3 fully saturated rings. The number of carbonyl (C=O) groups excluding carboxylic acids is 2. The van der Waals surface area contributed by atoms with Gasteiger partial charge >= 0.3 is 5.97 Å². The number of morpholine rings is 2. The zero-order valence-corrected chi connectivity index (χ0v) is 17.9. The first-order valence-electron chi connectivity index (χ1n) is 10.5. The Morgan fingerprint density at radius 1 is 1.19 bits per heavy atom. The van der Waals surface area contributed by atoms with Crippen molar-refractivity contribution >= 4 is 39.2 Å². The number of phenolic OH excluding ortho intramolecular Hbond substituents is 1. The number of phenols is 1. The van der Waals surface area contributed by atoms with Crippen LogP contribution in [-0.2, 0) is 14.3 Å². The Hall–Kier alpha value is -3.24. The van der Waals surface area contributed by atoms with Crippen LogP contribution in [0.5, 0.6) is 5.75 Å². The fourth-order valence-electron chi connectivity index (χ4n) is 4.57. The number of amides is 1. The molecule has 0 saturated carbocycles. The maximum absolute atomic E-state index is 13.1.